The zero-order valence-corrected chi connectivity index (χ0v) is 14.6. The molecule has 0 atom stereocenters. The first-order valence-electron chi connectivity index (χ1n) is 7.87. The molecule has 124 valence electrons. The van der Waals surface area contributed by atoms with Crippen LogP contribution in [-0.4, -0.2) is 29.1 Å². The maximum Gasteiger partial charge on any atom is 0.262 e. The van der Waals surface area contributed by atoms with Gasteiger partial charge in [0.05, 0.1) is 10.2 Å². The number of halogens is 1. The first-order valence-corrected chi connectivity index (χ1v) is 8.66. The minimum Gasteiger partial charge on any atom is -0.507 e. The van der Waals surface area contributed by atoms with Crippen LogP contribution in [0, 0.1) is 0 Å². The maximum absolute atomic E-state index is 11.5. The molecule has 0 aliphatic carbocycles. The summed E-state index contributed by atoms with van der Waals surface area (Å²) in [6.45, 7) is 2.67. The molecule has 6 heteroatoms. The van der Waals surface area contributed by atoms with Crippen LogP contribution in [0.5, 0.6) is 11.5 Å². The molecule has 5 nitrogen and oxygen atoms in total. The monoisotopic (exact) mass is 388 g/mol. The number of phenols is 1. The Balaban J connectivity index is 1.51. The second kappa shape index (κ2) is 6.11. The van der Waals surface area contributed by atoms with Crippen LogP contribution < -0.4 is 10.1 Å². The Morgan fingerprint density at radius 3 is 3.00 bits per heavy atom. The second-order valence-electron chi connectivity index (χ2n) is 6.20. The van der Waals surface area contributed by atoms with Crippen molar-refractivity contribution in [1.82, 2.24) is 4.90 Å². The summed E-state index contributed by atoms with van der Waals surface area (Å²) in [6.07, 6.45) is 0.918. The zero-order chi connectivity index (χ0) is 16.7. The van der Waals surface area contributed by atoms with Crippen LogP contribution in [-0.2, 0) is 24.3 Å². The van der Waals surface area contributed by atoms with Crippen LogP contribution in [0.2, 0.25) is 0 Å². The molecule has 2 aliphatic heterocycles. The smallest absolute Gasteiger partial charge is 0.262 e. The van der Waals surface area contributed by atoms with E-state index >= 15 is 0 Å². The van der Waals surface area contributed by atoms with E-state index in [4.69, 9.17) is 4.74 Å². The highest BCUT2D eigenvalue weighted by Gasteiger charge is 2.20. The lowest BCUT2D eigenvalue weighted by molar-refractivity contribution is -0.118. The van der Waals surface area contributed by atoms with Gasteiger partial charge in [-0.25, -0.2) is 0 Å². The first kappa shape index (κ1) is 15.5. The summed E-state index contributed by atoms with van der Waals surface area (Å²) in [5, 5.41) is 12.7. The molecule has 2 N–H and O–H groups in total. The average molecular weight is 389 g/mol. The summed E-state index contributed by atoms with van der Waals surface area (Å²) in [7, 11) is 0. The number of hydrogen-bond donors (Lipinski definition) is 2. The van der Waals surface area contributed by atoms with Crippen LogP contribution in [0.3, 0.4) is 0 Å². The standard InChI is InChI=1S/C18H17BrN2O3/c19-14-6-13-9-21(4-3-12(13)7-16(14)22)8-11-1-2-17-15(5-11)20-18(23)10-24-17/h1-2,5-7,22H,3-4,8-10H2,(H,20,23). The van der Waals surface area contributed by atoms with Gasteiger partial charge in [0.2, 0.25) is 0 Å². The lowest BCUT2D eigenvalue weighted by atomic mass is 9.99. The lowest BCUT2D eigenvalue weighted by Crippen LogP contribution is -2.30. The van der Waals surface area contributed by atoms with Crippen LogP contribution >= 0.6 is 15.9 Å². The molecule has 0 bridgehead atoms. The SMILES string of the molecule is O=C1COc2ccc(CN3CCc4cc(O)c(Br)cc4C3)cc2N1. The van der Waals surface area contributed by atoms with Crippen molar-refractivity contribution in [3.8, 4) is 11.5 Å². The molecule has 24 heavy (non-hydrogen) atoms. The molecular formula is C18H17BrN2O3. The molecule has 0 saturated carbocycles. The number of amides is 1. The molecule has 0 unspecified atom stereocenters. The van der Waals surface area contributed by atoms with Crippen molar-refractivity contribution >= 4 is 27.5 Å². The van der Waals surface area contributed by atoms with E-state index < -0.39 is 0 Å². The van der Waals surface area contributed by atoms with Gasteiger partial charge in [0.15, 0.2) is 6.61 Å². The molecule has 1 amide bonds. The molecule has 2 aromatic carbocycles. The fourth-order valence-corrected chi connectivity index (χ4v) is 3.64. The van der Waals surface area contributed by atoms with Gasteiger partial charge < -0.3 is 15.2 Å². The molecule has 0 saturated heterocycles. The number of hydrogen-bond acceptors (Lipinski definition) is 4. The molecule has 4 rings (SSSR count). The minimum absolute atomic E-state index is 0.0803. The zero-order valence-electron chi connectivity index (χ0n) is 13.0. The van der Waals surface area contributed by atoms with Gasteiger partial charge in [-0.15, -0.1) is 0 Å². The van der Waals surface area contributed by atoms with Crippen LogP contribution in [0.15, 0.2) is 34.8 Å². The third-order valence-electron chi connectivity index (χ3n) is 4.44. The topological polar surface area (TPSA) is 61.8 Å². The van der Waals surface area contributed by atoms with E-state index in [1.165, 1.54) is 11.1 Å². The lowest BCUT2D eigenvalue weighted by Gasteiger charge is -2.29. The molecule has 2 aliphatic rings. The molecule has 0 spiro atoms. The average Bonchev–Trinajstić information content (AvgIpc) is 2.56. The van der Waals surface area contributed by atoms with Crippen molar-refractivity contribution in [3.05, 3.63) is 51.5 Å². The number of benzene rings is 2. The van der Waals surface area contributed by atoms with E-state index in [1.54, 1.807) is 0 Å². The Bertz CT molecular complexity index is 822. The van der Waals surface area contributed by atoms with E-state index in [-0.39, 0.29) is 12.5 Å². The number of ether oxygens (including phenoxy) is 1. The fraction of sp³-hybridized carbons (Fsp3) is 0.278. The van der Waals surface area contributed by atoms with Gasteiger partial charge in [0, 0.05) is 19.6 Å². The van der Waals surface area contributed by atoms with Crippen molar-refractivity contribution in [2.45, 2.75) is 19.5 Å². The third-order valence-corrected chi connectivity index (χ3v) is 5.08. The van der Waals surface area contributed by atoms with Gasteiger partial charge in [-0.2, -0.15) is 0 Å². The van der Waals surface area contributed by atoms with Crippen LogP contribution in [0.1, 0.15) is 16.7 Å². The van der Waals surface area contributed by atoms with Gasteiger partial charge in [0.1, 0.15) is 11.5 Å². The Morgan fingerprint density at radius 2 is 2.12 bits per heavy atom. The Labute approximate surface area is 148 Å². The first-order chi connectivity index (χ1) is 11.6. The van der Waals surface area contributed by atoms with Crippen LogP contribution in [0.25, 0.3) is 0 Å². The number of carbonyl (C=O) groups excluding carboxylic acids is 1. The third kappa shape index (κ3) is 2.99. The summed E-state index contributed by atoms with van der Waals surface area (Å²) >= 11 is 3.39. The number of rotatable bonds is 2. The van der Waals surface area contributed by atoms with Gasteiger partial charge in [0.25, 0.3) is 5.91 Å². The van der Waals surface area contributed by atoms with Gasteiger partial charge in [-0.3, -0.25) is 9.69 Å². The highest BCUT2D eigenvalue weighted by molar-refractivity contribution is 9.10. The fourth-order valence-electron chi connectivity index (χ4n) is 3.25. The second-order valence-corrected chi connectivity index (χ2v) is 7.05. The van der Waals surface area contributed by atoms with E-state index in [1.807, 2.05) is 30.3 Å². The predicted octanol–water partition coefficient (Wildman–Crippen LogP) is 3.04. The quantitative estimate of drug-likeness (QED) is 0.829. The molecule has 0 aromatic heterocycles. The van der Waals surface area contributed by atoms with Gasteiger partial charge in [-0.05, 0) is 63.3 Å². The number of fused-ring (bicyclic) bond motifs is 2. The Morgan fingerprint density at radius 1 is 1.25 bits per heavy atom. The van der Waals surface area contributed by atoms with E-state index in [9.17, 15) is 9.90 Å². The number of aromatic hydroxyl groups is 1. The molecule has 2 heterocycles. The van der Waals surface area contributed by atoms with Gasteiger partial charge in [-0.1, -0.05) is 6.07 Å². The Kier molecular flexibility index (Phi) is 3.94. The summed E-state index contributed by atoms with van der Waals surface area (Å²) in [5.74, 6) is 0.908. The summed E-state index contributed by atoms with van der Waals surface area (Å²) in [4.78, 5) is 13.8. The number of anilines is 1. The van der Waals surface area contributed by atoms with Crippen molar-refractivity contribution in [3.63, 3.8) is 0 Å². The minimum atomic E-state index is -0.115. The van der Waals surface area contributed by atoms with Crippen molar-refractivity contribution in [2.75, 3.05) is 18.5 Å². The van der Waals surface area contributed by atoms with Gasteiger partial charge >= 0.3 is 0 Å². The van der Waals surface area contributed by atoms with E-state index in [2.05, 4.69) is 26.1 Å². The van der Waals surface area contributed by atoms with Crippen molar-refractivity contribution < 1.29 is 14.6 Å². The molecule has 0 fully saturated rings. The summed E-state index contributed by atoms with van der Waals surface area (Å²) < 4.78 is 6.13. The highest BCUT2D eigenvalue weighted by atomic mass is 79.9. The van der Waals surface area contributed by atoms with Crippen molar-refractivity contribution in [1.29, 1.82) is 0 Å². The molecule has 0 radical (unpaired) electrons. The maximum atomic E-state index is 11.5. The van der Waals surface area contributed by atoms with Crippen LogP contribution in [0.4, 0.5) is 5.69 Å². The highest BCUT2D eigenvalue weighted by Crippen LogP contribution is 2.32. The Hall–Kier alpha value is -2.05. The molecular weight excluding hydrogens is 372 g/mol. The summed E-state index contributed by atoms with van der Waals surface area (Å²) in [6, 6.07) is 9.78. The van der Waals surface area contributed by atoms with Crippen molar-refractivity contribution in [2.24, 2.45) is 0 Å². The largest absolute Gasteiger partial charge is 0.507 e. The number of nitrogens with zero attached hydrogens (tertiary/aromatic N) is 1. The molecule has 2 aromatic rings. The number of nitrogens with one attached hydrogen (secondary N) is 1. The summed E-state index contributed by atoms with van der Waals surface area (Å²) in [5.41, 5.74) is 4.33. The predicted molar refractivity (Wildman–Crippen MR) is 94.2 cm³/mol. The van der Waals surface area contributed by atoms with E-state index in [0.717, 1.165) is 47.5 Å². The normalized spacial score (nSPS) is 16.8. The van der Waals surface area contributed by atoms with E-state index in [0.29, 0.717) is 5.75 Å². The number of phenolic OH excluding ortho intramolecular Hbond substituents is 1. The number of carbonyl (C=O) groups is 1.